The maximum absolute atomic E-state index is 17.6. The molecule has 12 bridgehead atoms. The lowest BCUT2D eigenvalue weighted by molar-refractivity contribution is -0.130. The summed E-state index contributed by atoms with van der Waals surface area (Å²) in [5.41, 5.74) is 12.3. The second-order valence-corrected chi connectivity index (χ2v) is 37.8. The highest BCUT2D eigenvalue weighted by Crippen LogP contribution is 2.66. The summed E-state index contributed by atoms with van der Waals surface area (Å²) in [5, 5.41) is 17.1. The van der Waals surface area contributed by atoms with Crippen LogP contribution in [0.1, 0.15) is 280 Å². The van der Waals surface area contributed by atoms with Crippen molar-refractivity contribution in [2.75, 3.05) is 5.32 Å². The number of carbonyl (C=O) groups is 1. The number of carbonyl (C=O) groups excluding carboxylic acids is 1. The maximum atomic E-state index is 17.6. The molecule has 7 heteroatoms. The monoisotopic (exact) mass is 1230 g/mol. The lowest BCUT2D eigenvalue weighted by Crippen LogP contribution is -2.49. The Labute approximate surface area is 541 Å². The minimum absolute atomic E-state index is 0.0433. The number of allylic oxidation sites excluding steroid dienone is 12. The number of nitrogens with one attached hydrogen (secondary N) is 1. The minimum Gasteiger partial charge on any atom is -0.506 e. The minimum atomic E-state index is -5.10. The average molecular weight is 1230 g/mol. The smallest absolute Gasteiger partial charge is 0.300 e. The van der Waals surface area contributed by atoms with Gasteiger partial charge in [0.15, 0.2) is 4.90 Å². The highest BCUT2D eigenvalue weighted by Gasteiger charge is 2.58. The normalized spacial score (nSPS) is 34.5. The molecule has 0 spiro atoms. The molecular weight excluding hydrogens is 1110 g/mol. The fraction of sp³-hybridized carbons (Fsp3) is 0.768. The standard InChI is InChI=1S/C82H121NO5S/c1-14-15-16-17-18-19-56(30-20-50-21-31-57-44-66(50)76(57,2)3)82(42-40-54-25-35-61-48-70(54)80(61,10)11,43-41-55-26-36-62-49-71(55)81(62,12)13)75(85)83-72-64(38-28-52-23-33-59-46-68(52)78(59,6)7)63(37-27-51-22-32-58-45-67(51)77(58,4)5)65(73(84)74(72)89(86,87)88)39-29-53-24-34-60-47-69(53)79(60,8)9/h21-26,56-62,66-71,84H,14-20,27-49H2,1-13H3,(H,83,85)(H,86,87,88). The van der Waals surface area contributed by atoms with Gasteiger partial charge in [-0.1, -0.05) is 192 Å². The molecule has 490 valence electrons. The molecular formula is C82H121NO5S. The van der Waals surface area contributed by atoms with E-state index in [9.17, 15) is 18.1 Å². The molecule has 6 nitrogen and oxygen atoms in total. The van der Waals surface area contributed by atoms with Gasteiger partial charge in [0.1, 0.15) is 5.75 Å². The van der Waals surface area contributed by atoms with Gasteiger partial charge in [-0.05, 0) is 287 Å². The third kappa shape index (κ3) is 10.8. The van der Waals surface area contributed by atoms with Gasteiger partial charge < -0.3 is 10.4 Å². The lowest BCUT2D eigenvalue weighted by atomic mass is 9.47. The molecule has 18 aliphatic rings. The van der Waals surface area contributed by atoms with Gasteiger partial charge >= 0.3 is 0 Å². The Morgan fingerprint density at radius 2 is 0.787 bits per heavy atom. The third-order valence-electron chi connectivity index (χ3n) is 31.1. The number of unbranched alkanes of at least 4 members (excludes halogenated alkanes) is 4. The average Bonchev–Trinajstić information content (AvgIpc) is 0.813. The zero-order valence-corrected chi connectivity index (χ0v) is 59.0. The molecule has 0 heterocycles. The second kappa shape index (κ2) is 23.3. The van der Waals surface area contributed by atoms with E-state index in [4.69, 9.17) is 0 Å². The lowest BCUT2D eigenvalue weighted by Gasteiger charge is -2.57. The van der Waals surface area contributed by atoms with Gasteiger partial charge in [-0.15, -0.1) is 0 Å². The van der Waals surface area contributed by atoms with Crippen molar-refractivity contribution in [2.24, 2.45) is 115 Å². The predicted molar refractivity (Wildman–Crippen MR) is 367 cm³/mol. The van der Waals surface area contributed by atoms with Crippen LogP contribution in [0.4, 0.5) is 5.69 Å². The SMILES string of the molecule is CCCCCCCC(CCC1=CCC2CC1C2(C)C)C(CCC1=CCC2CC1C2(C)C)(CCC1=CCC2CC1C2(C)C)C(=O)Nc1c(CCC2=CCC3CC2C3(C)C)c(CCC2=CCC3CC2C3(C)C)c(CCC2=CCC3CC2C3(C)C)c(O)c1S(=O)(=O)O. The quantitative estimate of drug-likeness (QED) is 0.0441. The van der Waals surface area contributed by atoms with Crippen molar-refractivity contribution >= 4 is 21.7 Å². The van der Waals surface area contributed by atoms with Gasteiger partial charge in [0.2, 0.25) is 5.91 Å². The molecule has 19 rings (SSSR count). The zero-order valence-electron chi connectivity index (χ0n) is 58.2. The molecule has 1 aromatic carbocycles. The van der Waals surface area contributed by atoms with Gasteiger partial charge in [-0.25, -0.2) is 0 Å². The molecule has 18 aliphatic carbocycles. The number of benzene rings is 1. The van der Waals surface area contributed by atoms with Crippen LogP contribution in [0.25, 0.3) is 0 Å². The Hall–Kier alpha value is -3.16. The van der Waals surface area contributed by atoms with Crippen molar-refractivity contribution in [3.05, 3.63) is 86.6 Å². The summed E-state index contributed by atoms with van der Waals surface area (Å²) in [7, 11) is -5.10. The second-order valence-electron chi connectivity index (χ2n) is 36.4. The number of rotatable bonds is 28. The first-order chi connectivity index (χ1) is 42.0. The molecule has 0 aromatic heterocycles. The Morgan fingerprint density at radius 1 is 0.461 bits per heavy atom. The summed E-state index contributed by atoms with van der Waals surface area (Å²) in [6.07, 6.45) is 44.9. The first-order valence-corrected chi connectivity index (χ1v) is 38.8. The largest absolute Gasteiger partial charge is 0.506 e. The summed E-state index contributed by atoms with van der Waals surface area (Å²) in [4.78, 5) is 17.2. The van der Waals surface area contributed by atoms with E-state index in [2.05, 4.69) is 132 Å². The topological polar surface area (TPSA) is 104 Å². The molecule has 6 fully saturated rings. The molecule has 1 amide bonds. The summed E-state index contributed by atoms with van der Waals surface area (Å²) in [5.74, 6) is 6.92. The van der Waals surface area contributed by atoms with E-state index in [-0.39, 0.29) is 50.3 Å². The number of fused-ring (bicyclic) bond motifs is 6. The molecule has 6 saturated carbocycles. The molecule has 0 radical (unpaired) electrons. The van der Waals surface area contributed by atoms with Crippen LogP contribution in [-0.2, 0) is 34.2 Å². The summed E-state index contributed by atoms with van der Waals surface area (Å²) in [6, 6.07) is 0. The van der Waals surface area contributed by atoms with Crippen molar-refractivity contribution in [3.8, 4) is 5.75 Å². The highest BCUT2D eigenvalue weighted by molar-refractivity contribution is 7.86. The molecule has 0 saturated heterocycles. The fourth-order valence-corrected chi connectivity index (χ4v) is 24.2. The van der Waals surface area contributed by atoms with Crippen LogP contribution < -0.4 is 5.32 Å². The van der Waals surface area contributed by atoms with E-state index < -0.39 is 20.4 Å². The number of anilines is 1. The first-order valence-electron chi connectivity index (χ1n) is 37.3. The van der Waals surface area contributed by atoms with Crippen LogP contribution in [0.15, 0.2) is 74.8 Å². The van der Waals surface area contributed by atoms with E-state index in [1.165, 1.54) is 85.7 Å². The van der Waals surface area contributed by atoms with Crippen molar-refractivity contribution in [1.29, 1.82) is 0 Å². The first kappa shape index (κ1) is 64.5. The van der Waals surface area contributed by atoms with Gasteiger partial charge in [-0.3, -0.25) is 9.35 Å². The fourth-order valence-electron chi connectivity index (χ4n) is 23.4. The number of phenolic OH excluding ortho intramolecular Hbond substituents is 1. The summed E-state index contributed by atoms with van der Waals surface area (Å²) < 4.78 is 42.0. The van der Waals surface area contributed by atoms with Gasteiger partial charge in [0, 0.05) is 0 Å². The number of hydrogen-bond acceptors (Lipinski definition) is 4. The molecule has 0 aliphatic heterocycles. The van der Waals surface area contributed by atoms with Crippen LogP contribution in [0.3, 0.4) is 0 Å². The van der Waals surface area contributed by atoms with Crippen molar-refractivity contribution in [2.45, 2.75) is 288 Å². The molecule has 89 heavy (non-hydrogen) atoms. The molecule has 3 N–H and O–H groups in total. The van der Waals surface area contributed by atoms with Gasteiger partial charge in [0.05, 0.1) is 11.1 Å². The van der Waals surface area contributed by atoms with E-state index in [0.29, 0.717) is 108 Å². The van der Waals surface area contributed by atoms with Crippen LogP contribution >= 0.6 is 0 Å². The van der Waals surface area contributed by atoms with Gasteiger partial charge in [0.25, 0.3) is 10.1 Å². The highest BCUT2D eigenvalue weighted by atomic mass is 32.2. The molecule has 13 atom stereocenters. The van der Waals surface area contributed by atoms with Crippen LogP contribution in [0.5, 0.6) is 5.75 Å². The van der Waals surface area contributed by atoms with E-state index in [1.54, 1.807) is 5.57 Å². The van der Waals surface area contributed by atoms with Crippen LogP contribution in [0, 0.1) is 115 Å². The number of phenols is 1. The molecule has 1 aromatic rings. The predicted octanol–water partition coefficient (Wildman–Crippen LogP) is 21.6. The maximum Gasteiger partial charge on any atom is 0.300 e. The Morgan fingerprint density at radius 3 is 1.12 bits per heavy atom. The van der Waals surface area contributed by atoms with Crippen LogP contribution in [-0.4, -0.2) is 24.0 Å². The third-order valence-corrected chi connectivity index (χ3v) is 32.0. The van der Waals surface area contributed by atoms with E-state index in [1.807, 2.05) is 0 Å². The Balaban J connectivity index is 0.967. The van der Waals surface area contributed by atoms with E-state index in [0.717, 1.165) is 120 Å². The molecule has 13 unspecified atom stereocenters. The number of aromatic hydroxyl groups is 1. The van der Waals surface area contributed by atoms with Crippen molar-refractivity contribution in [1.82, 2.24) is 0 Å². The van der Waals surface area contributed by atoms with E-state index >= 15 is 4.79 Å². The van der Waals surface area contributed by atoms with Crippen LogP contribution in [0.2, 0.25) is 0 Å². The number of amides is 1. The summed E-state index contributed by atoms with van der Waals surface area (Å²) >= 11 is 0. The van der Waals surface area contributed by atoms with Crippen molar-refractivity contribution < 1.29 is 22.9 Å². The zero-order chi connectivity index (χ0) is 63.2. The number of hydrogen-bond donors (Lipinski definition) is 3. The Bertz CT molecular complexity index is 3210. The van der Waals surface area contributed by atoms with Gasteiger partial charge in [-0.2, -0.15) is 8.42 Å². The summed E-state index contributed by atoms with van der Waals surface area (Å²) in [6.45, 7) is 31.8. The van der Waals surface area contributed by atoms with Crippen molar-refractivity contribution in [3.63, 3.8) is 0 Å². The Kier molecular flexibility index (Phi) is 16.9.